The number of hydrogen-bond donors (Lipinski definition) is 1. The molecule has 0 aliphatic carbocycles. The molecule has 2 heterocycles. The summed E-state index contributed by atoms with van der Waals surface area (Å²) in [5.41, 5.74) is -0.835. The normalized spacial score (nSPS) is 26.5. The van der Waals surface area contributed by atoms with Crippen LogP contribution in [0.15, 0.2) is 11.8 Å². The van der Waals surface area contributed by atoms with Crippen molar-refractivity contribution < 1.29 is 28.6 Å². The minimum Gasteiger partial charge on any atom is -0.443 e. The summed E-state index contributed by atoms with van der Waals surface area (Å²) in [6.07, 6.45) is -0.0607. The van der Waals surface area contributed by atoms with Crippen molar-refractivity contribution in [1.29, 1.82) is 0 Å². The standard InChI is InChI=1S/C14H20N2O6/c1-13(2,3)22-12(19)16-10(17)9(15-11(16)18)6-8-7-20-14(4,5)21-8/h6,8H,7H2,1-5H3,(H,15,18)/b9-6-/t8-/m0/s1. The summed E-state index contributed by atoms with van der Waals surface area (Å²) in [6, 6.07) is -0.844. The molecule has 2 rings (SSSR count). The Morgan fingerprint density at radius 1 is 1.41 bits per heavy atom. The third kappa shape index (κ3) is 3.63. The zero-order valence-corrected chi connectivity index (χ0v) is 13.3. The Morgan fingerprint density at radius 2 is 2.05 bits per heavy atom. The van der Waals surface area contributed by atoms with Gasteiger partial charge in [0.1, 0.15) is 17.4 Å². The van der Waals surface area contributed by atoms with Crippen LogP contribution in [0.1, 0.15) is 34.6 Å². The molecule has 0 aromatic heterocycles. The average molecular weight is 312 g/mol. The fraction of sp³-hybridized carbons (Fsp3) is 0.643. The van der Waals surface area contributed by atoms with E-state index in [1.807, 2.05) is 0 Å². The second-order valence-electron chi connectivity index (χ2n) is 6.50. The van der Waals surface area contributed by atoms with Crippen LogP contribution in [0.4, 0.5) is 9.59 Å². The predicted octanol–water partition coefficient (Wildman–Crippen LogP) is 1.51. The van der Waals surface area contributed by atoms with Crippen molar-refractivity contribution in [2.75, 3.05) is 6.61 Å². The van der Waals surface area contributed by atoms with Crippen molar-refractivity contribution in [3.8, 4) is 0 Å². The highest BCUT2D eigenvalue weighted by atomic mass is 16.7. The predicted molar refractivity (Wildman–Crippen MR) is 74.6 cm³/mol. The maximum absolute atomic E-state index is 12.2. The molecule has 8 nitrogen and oxygen atoms in total. The number of amides is 4. The second-order valence-corrected chi connectivity index (χ2v) is 6.50. The fourth-order valence-electron chi connectivity index (χ4n) is 2.01. The lowest BCUT2D eigenvalue weighted by Crippen LogP contribution is -2.40. The highest BCUT2D eigenvalue weighted by Crippen LogP contribution is 2.24. The van der Waals surface area contributed by atoms with E-state index in [4.69, 9.17) is 14.2 Å². The van der Waals surface area contributed by atoms with Crippen molar-refractivity contribution in [2.24, 2.45) is 0 Å². The van der Waals surface area contributed by atoms with Gasteiger partial charge in [0.15, 0.2) is 5.79 Å². The summed E-state index contributed by atoms with van der Waals surface area (Å²) in [7, 11) is 0. The number of ether oxygens (including phenoxy) is 3. The van der Waals surface area contributed by atoms with E-state index in [0.29, 0.717) is 4.90 Å². The Bertz CT molecular complexity index is 546. The molecule has 0 bridgehead atoms. The summed E-state index contributed by atoms with van der Waals surface area (Å²) in [5, 5.41) is 2.34. The summed E-state index contributed by atoms with van der Waals surface area (Å²) < 4.78 is 15.9. The molecule has 0 aromatic carbocycles. The highest BCUT2D eigenvalue weighted by molar-refractivity contribution is 6.20. The van der Waals surface area contributed by atoms with E-state index in [9.17, 15) is 14.4 Å². The van der Waals surface area contributed by atoms with Gasteiger partial charge < -0.3 is 19.5 Å². The van der Waals surface area contributed by atoms with Crippen molar-refractivity contribution in [3.05, 3.63) is 11.8 Å². The monoisotopic (exact) mass is 312 g/mol. The van der Waals surface area contributed by atoms with Crippen LogP contribution in [0.5, 0.6) is 0 Å². The number of urea groups is 1. The zero-order chi connectivity index (χ0) is 16.7. The van der Waals surface area contributed by atoms with E-state index in [1.165, 1.54) is 6.08 Å². The lowest BCUT2D eigenvalue weighted by molar-refractivity contribution is -0.133. The van der Waals surface area contributed by atoms with Crippen LogP contribution in [0.3, 0.4) is 0 Å². The van der Waals surface area contributed by atoms with Crippen molar-refractivity contribution in [3.63, 3.8) is 0 Å². The van der Waals surface area contributed by atoms with Crippen LogP contribution < -0.4 is 5.32 Å². The molecule has 1 atom stereocenters. The Morgan fingerprint density at radius 3 is 2.55 bits per heavy atom. The minimum atomic E-state index is -1.01. The molecule has 1 N–H and O–H groups in total. The van der Waals surface area contributed by atoms with Crippen LogP contribution in [0, 0.1) is 0 Å². The first kappa shape index (κ1) is 16.4. The zero-order valence-electron chi connectivity index (χ0n) is 13.3. The Labute approximate surface area is 128 Å². The molecule has 122 valence electrons. The van der Waals surface area contributed by atoms with Crippen LogP contribution in [-0.2, 0) is 19.0 Å². The lowest BCUT2D eigenvalue weighted by atomic mass is 10.2. The van der Waals surface area contributed by atoms with Gasteiger partial charge >= 0.3 is 12.1 Å². The number of imide groups is 3. The van der Waals surface area contributed by atoms with Crippen LogP contribution in [0.25, 0.3) is 0 Å². The number of nitrogens with one attached hydrogen (secondary N) is 1. The van der Waals surface area contributed by atoms with Gasteiger partial charge in [-0.25, -0.2) is 9.59 Å². The number of carbonyl (C=O) groups excluding carboxylic acids is 3. The molecule has 2 saturated heterocycles. The Hall–Kier alpha value is -1.93. The minimum absolute atomic E-state index is 0.0258. The van der Waals surface area contributed by atoms with E-state index in [-0.39, 0.29) is 12.3 Å². The molecular formula is C14H20N2O6. The molecule has 4 amide bonds. The first-order valence-corrected chi connectivity index (χ1v) is 6.90. The quantitative estimate of drug-likeness (QED) is 0.582. The molecule has 0 aromatic rings. The highest BCUT2D eigenvalue weighted by Gasteiger charge is 2.42. The lowest BCUT2D eigenvalue weighted by Gasteiger charge is -2.21. The summed E-state index contributed by atoms with van der Waals surface area (Å²) in [6.45, 7) is 8.68. The van der Waals surface area contributed by atoms with Gasteiger partial charge in [0.25, 0.3) is 5.91 Å². The van der Waals surface area contributed by atoms with Crippen molar-refractivity contribution in [1.82, 2.24) is 10.2 Å². The summed E-state index contributed by atoms with van der Waals surface area (Å²) in [4.78, 5) is 36.3. The largest absolute Gasteiger partial charge is 0.443 e. The smallest absolute Gasteiger partial charge is 0.425 e. The van der Waals surface area contributed by atoms with Gasteiger partial charge in [-0.1, -0.05) is 0 Å². The fourth-order valence-corrected chi connectivity index (χ4v) is 2.01. The molecule has 0 radical (unpaired) electrons. The number of hydrogen-bond acceptors (Lipinski definition) is 6. The third-order valence-corrected chi connectivity index (χ3v) is 2.84. The molecule has 0 spiro atoms. The van der Waals surface area contributed by atoms with Crippen LogP contribution >= 0.6 is 0 Å². The molecule has 8 heteroatoms. The van der Waals surface area contributed by atoms with Gasteiger partial charge in [-0.15, -0.1) is 0 Å². The first-order valence-electron chi connectivity index (χ1n) is 6.90. The van der Waals surface area contributed by atoms with Crippen molar-refractivity contribution >= 4 is 18.0 Å². The van der Waals surface area contributed by atoms with E-state index < -0.39 is 35.5 Å². The third-order valence-electron chi connectivity index (χ3n) is 2.84. The SMILES string of the molecule is CC(C)(C)OC(=O)N1C(=O)N/C(=C\[C@H]2COC(C)(C)O2)C1=O. The van der Waals surface area contributed by atoms with Gasteiger partial charge in [-0.2, -0.15) is 4.90 Å². The number of nitrogens with zero attached hydrogens (tertiary/aromatic N) is 1. The number of carbonyl (C=O) groups is 3. The maximum atomic E-state index is 12.2. The number of rotatable bonds is 1. The van der Waals surface area contributed by atoms with Gasteiger partial charge in [0, 0.05) is 0 Å². The summed E-state index contributed by atoms with van der Waals surface area (Å²) >= 11 is 0. The Balaban J connectivity index is 2.10. The van der Waals surface area contributed by atoms with Crippen LogP contribution in [0.2, 0.25) is 0 Å². The van der Waals surface area contributed by atoms with Gasteiger partial charge in [0.2, 0.25) is 0 Å². The molecular weight excluding hydrogens is 292 g/mol. The molecule has 22 heavy (non-hydrogen) atoms. The molecule has 2 fully saturated rings. The molecule has 0 saturated carbocycles. The van der Waals surface area contributed by atoms with E-state index in [1.54, 1.807) is 34.6 Å². The van der Waals surface area contributed by atoms with E-state index >= 15 is 0 Å². The molecule has 2 aliphatic rings. The van der Waals surface area contributed by atoms with Gasteiger partial charge in [-0.3, -0.25) is 4.79 Å². The van der Waals surface area contributed by atoms with Crippen LogP contribution in [-0.4, -0.2) is 47.0 Å². The van der Waals surface area contributed by atoms with Crippen molar-refractivity contribution in [2.45, 2.75) is 52.1 Å². The molecule has 2 aliphatic heterocycles. The summed E-state index contributed by atoms with van der Waals surface area (Å²) in [5.74, 6) is -1.52. The first-order chi connectivity index (χ1) is 9.98. The van der Waals surface area contributed by atoms with Gasteiger partial charge in [0.05, 0.1) is 6.61 Å². The average Bonchev–Trinajstić information content (AvgIpc) is 2.78. The molecule has 0 unspecified atom stereocenters. The second kappa shape index (κ2) is 5.36. The van der Waals surface area contributed by atoms with Gasteiger partial charge in [-0.05, 0) is 40.7 Å². The maximum Gasteiger partial charge on any atom is 0.425 e. The van der Waals surface area contributed by atoms with E-state index in [0.717, 1.165) is 0 Å². The van der Waals surface area contributed by atoms with E-state index in [2.05, 4.69) is 5.32 Å². The topological polar surface area (TPSA) is 94.2 Å². The Kier molecular flexibility index (Phi) is 4.01.